The van der Waals surface area contributed by atoms with E-state index in [2.05, 4.69) is 15.8 Å². The minimum Gasteiger partial charge on any atom is -0.378 e. The predicted molar refractivity (Wildman–Crippen MR) is 95.9 cm³/mol. The van der Waals surface area contributed by atoms with Crippen LogP contribution in [0.5, 0.6) is 0 Å². The molecule has 0 spiro atoms. The van der Waals surface area contributed by atoms with Crippen LogP contribution in [0.2, 0.25) is 0 Å². The summed E-state index contributed by atoms with van der Waals surface area (Å²) in [5.41, 5.74) is 4.26. The molecule has 2 N–H and O–H groups in total. The van der Waals surface area contributed by atoms with Crippen molar-refractivity contribution in [2.75, 3.05) is 31.2 Å². The van der Waals surface area contributed by atoms with Crippen molar-refractivity contribution < 1.29 is 27.5 Å². The van der Waals surface area contributed by atoms with Crippen LogP contribution in [0.15, 0.2) is 29.6 Å². The van der Waals surface area contributed by atoms with E-state index in [4.69, 9.17) is 4.74 Å². The zero-order valence-corrected chi connectivity index (χ0v) is 15.4. The van der Waals surface area contributed by atoms with Crippen LogP contribution < -0.4 is 15.8 Å². The molecule has 28 heavy (non-hydrogen) atoms. The summed E-state index contributed by atoms with van der Waals surface area (Å²) in [6.45, 7) is 2.58. The van der Waals surface area contributed by atoms with Gasteiger partial charge in [0.05, 0.1) is 25.2 Å². The van der Waals surface area contributed by atoms with Crippen molar-refractivity contribution in [1.29, 1.82) is 0 Å². The Labute approximate surface area is 162 Å². The fourth-order valence-corrected chi connectivity index (χ4v) is 3.36. The molecule has 1 aliphatic rings. The molecule has 2 heterocycles. The Kier molecular flexibility index (Phi) is 6.15. The summed E-state index contributed by atoms with van der Waals surface area (Å²) < 4.78 is 42.9. The third-order valence-corrected chi connectivity index (χ3v) is 4.87. The minimum absolute atomic E-state index is 0.168. The van der Waals surface area contributed by atoms with Crippen molar-refractivity contribution >= 4 is 28.3 Å². The number of carbonyl (C=O) groups excluding carboxylic acids is 2. The Morgan fingerprint density at radius 1 is 1.14 bits per heavy atom. The first-order valence-electron chi connectivity index (χ1n) is 8.36. The number of aromatic nitrogens is 1. The smallest absolute Gasteiger partial charge is 0.378 e. The molecule has 1 saturated heterocycles. The van der Waals surface area contributed by atoms with Gasteiger partial charge in [-0.05, 0) is 17.7 Å². The fourth-order valence-electron chi connectivity index (χ4n) is 2.50. The number of halogens is 3. The first-order valence-corrected chi connectivity index (χ1v) is 9.24. The van der Waals surface area contributed by atoms with Gasteiger partial charge in [-0.15, -0.1) is 11.3 Å². The van der Waals surface area contributed by atoms with Crippen molar-refractivity contribution in [3.05, 3.63) is 46.5 Å². The van der Waals surface area contributed by atoms with E-state index in [0.717, 1.165) is 12.1 Å². The number of alkyl halides is 3. The lowest BCUT2D eigenvalue weighted by atomic mass is 10.1. The topological polar surface area (TPSA) is 83.6 Å². The van der Waals surface area contributed by atoms with Gasteiger partial charge in [-0.2, -0.15) is 13.2 Å². The van der Waals surface area contributed by atoms with E-state index >= 15 is 0 Å². The van der Waals surface area contributed by atoms with Crippen molar-refractivity contribution in [3.63, 3.8) is 0 Å². The fraction of sp³-hybridized carbons (Fsp3) is 0.353. The average Bonchev–Trinajstić information content (AvgIpc) is 3.17. The van der Waals surface area contributed by atoms with Gasteiger partial charge in [0.15, 0.2) is 5.13 Å². The zero-order valence-electron chi connectivity index (χ0n) is 14.6. The highest BCUT2D eigenvalue weighted by Crippen LogP contribution is 2.29. The molecule has 3 rings (SSSR count). The second kappa shape index (κ2) is 8.57. The van der Waals surface area contributed by atoms with Crippen LogP contribution >= 0.6 is 11.3 Å². The third-order valence-electron chi connectivity index (χ3n) is 3.97. The van der Waals surface area contributed by atoms with Gasteiger partial charge in [-0.3, -0.25) is 20.4 Å². The third kappa shape index (κ3) is 5.20. The number of hydrogen-bond donors (Lipinski definition) is 2. The molecule has 11 heteroatoms. The summed E-state index contributed by atoms with van der Waals surface area (Å²) in [6, 6.07) is 4.26. The molecule has 0 saturated carbocycles. The molecule has 1 fully saturated rings. The molecule has 0 aliphatic carbocycles. The van der Waals surface area contributed by atoms with Crippen molar-refractivity contribution in [2.24, 2.45) is 0 Å². The number of amides is 2. The molecule has 1 aromatic heterocycles. The number of nitrogens with zero attached hydrogens (tertiary/aromatic N) is 2. The lowest BCUT2D eigenvalue weighted by Gasteiger charge is -2.25. The molecule has 2 amide bonds. The predicted octanol–water partition coefficient (Wildman–Crippen LogP) is 2.00. The lowest BCUT2D eigenvalue weighted by Crippen LogP contribution is -2.42. The summed E-state index contributed by atoms with van der Waals surface area (Å²) in [6.07, 6.45) is -4.60. The van der Waals surface area contributed by atoms with E-state index in [-0.39, 0.29) is 12.1 Å². The Balaban J connectivity index is 1.49. The van der Waals surface area contributed by atoms with Crippen molar-refractivity contribution in [1.82, 2.24) is 15.8 Å². The molecule has 0 radical (unpaired) electrons. The van der Waals surface area contributed by atoms with Crippen molar-refractivity contribution in [3.8, 4) is 0 Å². The number of anilines is 1. The van der Waals surface area contributed by atoms with Crippen LogP contribution in [0, 0.1) is 0 Å². The van der Waals surface area contributed by atoms with E-state index in [1.54, 1.807) is 5.38 Å². The Morgan fingerprint density at radius 2 is 1.82 bits per heavy atom. The quantitative estimate of drug-likeness (QED) is 0.748. The van der Waals surface area contributed by atoms with Gasteiger partial charge in [0.25, 0.3) is 5.91 Å². The Bertz CT molecular complexity index is 833. The zero-order chi connectivity index (χ0) is 20.1. The second-order valence-corrected chi connectivity index (χ2v) is 6.83. The van der Waals surface area contributed by atoms with Gasteiger partial charge in [0.2, 0.25) is 5.91 Å². The number of rotatable bonds is 4. The number of hydrogen-bond acceptors (Lipinski definition) is 6. The number of ether oxygens (including phenoxy) is 1. The van der Waals surface area contributed by atoms with E-state index in [1.165, 1.54) is 23.5 Å². The number of carbonyl (C=O) groups is 2. The Hall–Kier alpha value is -2.66. The first-order chi connectivity index (χ1) is 13.3. The standard InChI is InChI=1S/C17H17F3N4O3S/c18-17(19,20)12-3-1-11(2-4-12)9-14(25)22-23-15(26)13-10-28-16(21-13)24-5-7-27-8-6-24/h1-4,10H,5-9H2,(H,22,25)(H,23,26). The summed E-state index contributed by atoms with van der Waals surface area (Å²) in [5.74, 6) is -1.13. The monoisotopic (exact) mass is 414 g/mol. The molecule has 150 valence electrons. The number of benzene rings is 1. The summed E-state index contributed by atoms with van der Waals surface area (Å²) in [4.78, 5) is 30.3. The average molecular weight is 414 g/mol. The molecule has 0 bridgehead atoms. The van der Waals surface area contributed by atoms with Crippen LogP contribution in [0.1, 0.15) is 21.6 Å². The highest BCUT2D eigenvalue weighted by atomic mass is 32.1. The maximum absolute atomic E-state index is 12.5. The molecule has 0 atom stereocenters. The molecule has 7 nitrogen and oxygen atoms in total. The van der Waals surface area contributed by atoms with Gasteiger partial charge in [0.1, 0.15) is 5.69 Å². The SMILES string of the molecule is O=C(Cc1ccc(C(F)(F)F)cc1)NNC(=O)c1csc(N2CCOCC2)n1. The van der Waals surface area contributed by atoms with E-state index in [0.29, 0.717) is 37.0 Å². The first kappa shape index (κ1) is 20.1. The van der Waals surface area contributed by atoms with Crippen LogP contribution in [0.25, 0.3) is 0 Å². The van der Waals surface area contributed by atoms with Gasteiger partial charge >= 0.3 is 6.18 Å². The van der Waals surface area contributed by atoms with Gasteiger partial charge in [-0.25, -0.2) is 4.98 Å². The summed E-state index contributed by atoms with van der Waals surface area (Å²) in [7, 11) is 0. The molecule has 1 aromatic carbocycles. The van der Waals surface area contributed by atoms with E-state index in [1.807, 2.05) is 4.90 Å². The van der Waals surface area contributed by atoms with E-state index < -0.39 is 23.6 Å². The summed E-state index contributed by atoms with van der Waals surface area (Å²) in [5, 5.41) is 2.28. The molecule has 0 unspecified atom stereocenters. The lowest BCUT2D eigenvalue weighted by molar-refractivity contribution is -0.137. The van der Waals surface area contributed by atoms with E-state index in [9.17, 15) is 22.8 Å². The number of nitrogens with one attached hydrogen (secondary N) is 2. The normalized spacial score (nSPS) is 14.6. The minimum atomic E-state index is -4.43. The maximum atomic E-state index is 12.5. The number of thiazole rings is 1. The van der Waals surface area contributed by atoms with Gasteiger partial charge in [-0.1, -0.05) is 12.1 Å². The number of hydrazine groups is 1. The molecule has 2 aromatic rings. The highest BCUT2D eigenvalue weighted by Gasteiger charge is 2.30. The van der Waals surface area contributed by atoms with Crippen molar-refractivity contribution in [2.45, 2.75) is 12.6 Å². The number of morpholine rings is 1. The molecular weight excluding hydrogens is 397 g/mol. The highest BCUT2D eigenvalue weighted by molar-refractivity contribution is 7.13. The van der Waals surface area contributed by atoms with Crippen LogP contribution in [0.4, 0.5) is 18.3 Å². The Morgan fingerprint density at radius 3 is 2.46 bits per heavy atom. The second-order valence-electron chi connectivity index (χ2n) is 5.99. The largest absolute Gasteiger partial charge is 0.416 e. The van der Waals surface area contributed by atoms with Crippen LogP contribution in [-0.2, 0) is 22.1 Å². The van der Waals surface area contributed by atoms with Gasteiger partial charge < -0.3 is 9.64 Å². The molecular formula is C17H17F3N4O3S. The van der Waals surface area contributed by atoms with Crippen LogP contribution in [0.3, 0.4) is 0 Å². The van der Waals surface area contributed by atoms with Gasteiger partial charge in [0, 0.05) is 18.5 Å². The summed E-state index contributed by atoms with van der Waals surface area (Å²) >= 11 is 1.32. The maximum Gasteiger partial charge on any atom is 0.416 e. The molecule has 1 aliphatic heterocycles. The van der Waals surface area contributed by atoms with Crippen LogP contribution in [-0.4, -0.2) is 43.1 Å².